The average molecular weight is 370 g/mol. The highest BCUT2D eigenvalue weighted by Gasteiger charge is 2.07. The predicted octanol–water partition coefficient (Wildman–Crippen LogP) is 4.73. The molecule has 0 atom stereocenters. The van der Waals surface area contributed by atoms with Gasteiger partial charge in [0.1, 0.15) is 0 Å². The molecule has 0 aromatic heterocycles. The van der Waals surface area contributed by atoms with E-state index in [0.717, 1.165) is 11.1 Å². The monoisotopic (exact) mass is 370 g/mol. The summed E-state index contributed by atoms with van der Waals surface area (Å²) in [4.78, 5) is 9.06. The van der Waals surface area contributed by atoms with Crippen molar-refractivity contribution in [3.8, 4) is 0 Å². The molecule has 1 aromatic rings. The van der Waals surface area contributed by atoms with Gasteiger partial charge in [-0.2, -0.15) is 0 Å². The van der Waals surface area contributed by atoms with Crippen LogP contribution >= 0.6 is 22.6 Å². The molecular formula is C16H23IN2. The lowest BCUT2D eigenvalue weighted by Gasteiger charge is -2.12. The van der Waals surface area contributed by atoms with Crippen LogP contribution in [0.1, 0.15) is 52.7 Å². The Labute approximate surface area is 130 Å². The maximum atomic E-state index is 4.54. The third-order valence-corrected chi connectivity index (χ3v) is 3.15. The zero-order valence-electron chi connectivity index (χ0n) is 12.7. The first kappa shape index (κ1) is 16.3. The van der Waals surface area contributed by atoms with E-state index in [0.29, 0.717) is 0 Å². The molecule has 0 amide bonds. The third-order valence-electron chi connectivity index (χ3n) is 2.22. The number of rotatable bonds is 2. The van der Waals surface area contributed by atoms with Gasteiger partial charge in [0.2, 0.25) is 0 Å². The first-order valence-corrected chi connectivity index (χ1v) is 7.55. The summed E-state index contributed by atoms with van der Waals surface area (Å²) >= 11 is 2.35. The fourth-order valence-electron chi connectivity index (χ4n) is 1.26. The van der Waals surface area contributed by atoms with E-state index in [1.54, 1.807) is 0 Å². The molecular weight excluding hydrogens is 347 g/mol. The minimum atomic E-state index is -0.0323. The summed E-state index contributed by atoms with van der Waals surface area (Å²) in [5.74, 6) is 0. The molecule has 3 heteroatoms. The van der Waals surface area contributed by atoms with E-state index >= 15 is 0 Å². The number of benzene rings is 1. The Balaban J connectivity index is 2.93. The van der Waals surface area contributed by atoms with E-state index in [9.17, 15) is 0 Å². The fraction of sp³-hybridized carbons (Fsp3) is 0.500. The zero-order valence-corrected chi connectivity index (χ0v) is 14.8. The summed E-state index contributed by atoms with van der Waals surface area (Å²) in [6, 6.07) is 6.32. The Morgan fingerprint density at radius 3 is 1.89 bits per heavy atom. The van der Waals surface area contributed by atoms with E-state index in [2.05, 4.69) is 92.3 Å². The normalized spacial score (nSPS) is 13.6. The second-order valence-corrected chi connectivity index (χ2v) is 7.80. The second-order valence-electron chi connectivity index (χ2n) is 6.64. The minimum Gasteiger partial charge on any atom is -0.287 e. The summed E-state index contributed by atoms with van der Waals surface area (Å²) < 4.78 is 1.20. The van der Waals surface area contributed by atoms with Gasteiger partial charge in [0.15, 0.2) is 0 Å². The zero-order chi connectivity index (χ0) is 14.7. The molecule has 0 fully saturated rings. The van der Waals surface area contributed by atoms with Crippen molar-refractivity contribution in [2.45, 2.75) is 52.6 Å². The van der Waals surface area contributed by atoms with Gasteiger partial charge in [-0.15, -0.1) is 0 Å². The lowest BCUT2D eigenvalue weighted by Crippen LogP contribution is -2.10. The van der Waals surface area contributed by atoms with Gasteiger partial charge in [-0.3, -0.25) is 9.98 Å². The van der Waals surface area contributed by atoms with Crippen molar-refractivity contribution in [3.63, 3.8) is 0 Å². The van der Waals surface area contributed by atoms with Crippen molar-refractivity contribution < 1.29 is 0 Å². The van der Waals surface area contributed by atoms with Crippen molar-refractivity contribution in [2.75, 3.05) is 0 Å². The largest absolute Gasteiger partial charge is 0.287 e. The maximum absolute atomic E-state index is 4.54. The molecule has 0 saturated heterocycles. The molecule has 0 unspecified atom stereocenters. The second kappa shape index (κ2) is 6.16. The number of halogens is 1. The van der Waals surface area contributed by atoms with Gasteiger partial charge in [-0.05, 0) is 75.8 Å². The molecule has 0 aliphatic carbocycles. The van der Waals surface area contributed by atoms with E-state index < -0.39 is 0 Å². The topological polar surface area (TPSA) is 24.7 Å². The molecule has 0 spiro atoms. The van der Waals surface area contributed by atoms with Gasteiger partial charge in [0, 0.05) is 21.6 Å². The van der Waals surface area contributed by atoms with E-state index in [4.69, 9.17) is 0 Å². The number of nitrogens with zero attached hydrogens (tertiary/aromatic N) is 2. The summed E-state index contributed by atoms with van der Waals surface area (Å²) in [5, 5.41) is 0. The van der Waals surface area contributed by atoms with E-state index in [1.807, 2.05) is 12.4 Å². The van der Waals surface area contributed by atoms with Crippen LogP contribution in [0.2, 0.25) is 0 Å². The van der Waals surface area contributed by atoms with Crippen LogP contribution in [0, 0.1) is 3.57 Å². The van der Waals surface area contributed by atoms with Gasteiger partial charge < -0.3 is 0 Å². The molecule has 1 rings (SSSR count). The predicted molar refractivity (Wildman–Crippen MR) is 93.9 cm³/mol. The average Bonchev–Trinajstić information content (AvgIpc) is 2.22. The summed E-state index contributed by atoms with van der Waals surface area (Å²) in [6.07, 6.45) is 3.89. The molecule has 1 aromatic carbocycles. The smallest absolute Gasteiger partial charge is 0.0524 e. The highest BCUT2D eigenvalue weighted by molar-refractivity contribution is 14.1. The van der Waals surface area contributed by atoms with Crippen LogP contribution in [-0.4, -0.2) is 23.5 Å². The Morgan fingerprint density at radius 2 is 1.42 bits per heavy atom. The van der Waals surface area contributed by atoms with Crippen molar-refractivity contribution in [1.29, 1.82) is 0 Å². The standard InChI is InChI=1S/C16H23IN2/c1-15(2,3)18-10-12-7-8-13(14(17)9-12)11-19-16(4,5)6/h7-11H,1-6H3. The van der Waals surface area contributed by atoms with Crippen LogP contribution in [0.15, 0.2) is 28.2 Å². The highest BCUT2D eigenvalue weighted by atomic mass is 127. The summed E-state index contributed by atoms with van der Waals surface area (Å²) in [5.41, 5.74) is 2.23. The van der Waals surface area contributed by atoms with Gasteiger partial charge >= 0.3 is 0 Å². The van der Waals surface area contributed by atoms with Gasteiger partial charge in [0.25, 0.3) is 0 Å². The molecule has 104 valence electrons. The van der Waals surface area contributed by atoms with Crippen LogP contribution in [0.25, 0.3) is 0 Å². The van der Waals surface area contributed by atoms with Crippen molar-refractivity contribution >= 4 is 35.0 Å². The Kier molecular flexibility index (Phi) is 5.30. The Hall–Kier alpha value is -0.710. The Bertz CT molecular complexity index is 488. The van der Waals surface area contributed by atoms with E-state index in [-0.39, 0.29) is 11.1 Å². The van der Waals surface area contributed by atoms with Crippen LogP contribution < -0.4 is 0 Å². The van der Waals surface area contributed by atoms with Crippen LogP contribution in [0.4, 0.5) is 0 Å². The molecule has 0 aliphatic rings. The molecule has 19 heavy (non-hydrogen) atoms. The molecule has 2 nitrogen and oxygen atoms in total. The number of aliphatic imine (C=N–C) groups is 2. The number of hydrogen-bond donors (Lipinski definition) is 0. The SMILES string of the molecule is CC(C)(C)N=Cc1ccc(C=NC(C)(C)C)c(I)c1. The molecule has 0 heterocycles. The maximum Gasteiger partial charge on any atom is 0.0524 e. The quantitative estimate of drug-likeness (QED) is 0.531. The lowest BCUT2D eigenvalue weighted by atomic mass is 10.1. The fourth-order valence-corrected chi connectivity index (χ4v) is 1.94. The van der Waals surface area contributed by atoms with Crippen molar-refractivity contribution in [2.24, 2.45) is 9.98 Å². The minimum absolute atomic E-state index is 0.0300. The number of hydrogen-bond acceptors (Lipinski definition) is 2. The first-order chi connectivity index (χ1) is 8.57. The molecule has 0 radical (unpaired) electrons. The van der Waals surface area contributed by atoms with Gasteiger partial charge in [0.05, 0.1) is 11.1 Å². The lowest BCUT2D eigenvalue weighted by molar-refractivity contribution is 0.586. The molecule has 0 saturated carbocycles. The highest BCUT2D eigenvalue weighted by Crippen LogP contribution is 2.15. The summed E-state index contributed by atoms with van der Waals surface area (Å²) in [6.45, 7) is 12.6. The van der Waals surface area contributed by atoms with Crippen LogP contribution in [0.3, 0.4) is 0 Å². The molecule has 0 bridgehead atoms. The van der Waals surface area contributed by atoms with Gasteiger partial charge in [-0.1, -0.05) is 12.1 Å². The van der Waals surface area contributed by atoms with E-state index in [1.165, 1.54) is 3.57 Å². The molecule has 0 aliphatic heterocycles. The van der Waals surface area contributed by atoms with Crippen molar-refractivity contribution in [1.82, 2.24) is 0 Å². The van der Waals surface area contributed by atoms with Crippen LogP contribution in [0.5, 0.6) is 0 Å². The third kappa shape index (κ3) is 6.85. The summed E-state index contributed by atoms with van der Waals surface area (Å²) in [7, 11) is 0. The Morgan fingerprint density at radius 1 is 0.895 bits per heavy atom. The first-order valence-electron chi connectivity index (χ1n) is 6.47. The van der Waals surface area contributed by atoms with Crippen molar-refractivity contribution in [3.05, 3.63) is 32.9 Å². The molecule has 0 N–H and O–H groups in total. The van der Waals surface area contributed by atoms with Gasteiger partial charge in [-0.25, -0.2) is 0 Å². The van der Waals surface area contributed by atoms with Crippen LogP contribution in [-0.2, 0) is 0 Å².